The van der Waals surface area contributed by atoms with Crippen LogP contribution in [0.4, 0.5) is 5.69 Å². The molecule has 0 radical (unpaired) electrons. The van der Waals surface area contributed by atoms with Gasteiger partial charge in [0.15, 0.2) is 0 Å². The lowest BCUT2D eigenvalue weighted by molar-refractivity contribution is -0.140. The molecule has 2 rings (SSSR count). The molecule has 0 spiro atoms. The number of aryl methyl sites for hydroxylation is 1. The predicted molar refractivity (Wildman–Crippen MR) is 142 cm³/mol. The van der Waals surface area contributed by atoms with Crippen molar-refractivity contribution in [2.45, 2.75) is 52.6 Å². The average Bonchev–Trinajstić information content (AvgIpc) is 2.78. The number of nitrogens with zero attached hydrogens (tertiary/aromatic N) is 2. The van der Waals surface area contributed by atoms with E-state index in [1.165, 1.54) is 4.90 Å². The molecule has 192 valence electrons. The molecule has 2 amide bonds. The second-order valence-corrected chi connectivity index (χ2v) is 11.2. The van der Waals surface area contributed by atoms with Crippen molar-refractivity contribution < 1.29 is 18.0 Å². The summed E-state index contributed by atoms with van der Waals surface area (Å²) in [6.45, 7) is 5.79. The van der Waals surface area contributed by atoms with E-state index in [9.17, 15) is 18.0 Å². The van der Waals surface area contributed by atoms with Gasteiger partial charge in [-0.2, -0.15) is 0 Å². The smallest absolute Gasteiger partial charge is 0.244 e. The van der Waals surface area contributed by atoms with Crippen LogP contribution < -0.4 is 9.62 Å². The summed E-state index contributed by atoms with van der Waals surface area (Å²) in [5.41, 5.74) is 1.93. The number of carbonyl (C=O) groups is 2. The zero-order valence-electron chi connectivity index (χ0n) is 20.6. The van der Waals surface area contributed by atoms with Crippen molar-refractivity contribution in [1.82, 2.24) is 10.2 Å². The van der Waals surface area contributed by atoms with Crippen molar-refractivity contribution in [2.75, 3.05) is 23.7 Å². The third kappa shape index (κ3) is 8.40. The van der Waals surface area contributed by atoms with E-state index in [2.05, 4.69) is 5.32 Å². The Morgan fingerprint density at radius 3 is 2.26 bits per heavy atom. The van der Waals surface area contributed by atoms with Crippen LogP contribution in [0.15, 0.2) is 42.5 Å². The fourth-order valence-electron chi connectivity index (χ4n) is 3.58. The Morgan fingerprint density at radius 2 is 1.71 bits per heavy atom. The minimum atomic E-state index is -3.77. The molecule has 2 aromatic rings. The number of unbranched alkanes of at least 4 members (excludes halogenated alkanes) is 1. The number of anilines is 1. The largest absolute Gasteiger partial charge is 0.354 e. The Balaban J connectivity index is 2.43. The summed E-state index contributed by atoms with van der Waals surface area (Å²) in [5, 5.41) is 3.69. The first-order valence-electron chi connectivity index (χ1n) is 11.5. The monoisotopic (exact) mass is 541 g/mol. The number of nitrogens with one attached hydrogen (secondary N) is 1. The molecule has 35 heavy (non-hydrogen) atoms. The summed E-state index contributed by atoms with van der Waals surface area (Å²) in [6.07, 6.45) is 3.13. The number of hydrogen-bond acceptors (Lipinski definition) is 4. The summed E-state index contributed by atoms with van der Waals surface area (Å²) in [4.78, 5) is 28.0. The van der Waals surface area contributed by atoms with Crippen molar-refractivity contribution in [1.29, 1.82) is 0 Å². The number of amides is 2. The van der Waals surface area contributed by atoms with Crippen LogP contribution in [-0.4, -0.2) is 50.5 Å². The minimum absolute atomic E-state index is 0.0278. The lowest BCUT2D eigenvalue weighted by Crippen LogP contribution is -2.52. The molecule has 0 aliphatic carbocycles. The fourth-order valence-corrected chi connectivity index (χ4v) is 4.90. The van der Waals surface area contributed by atoms with Crippen LogP contribution in [0.5, 0.6) is 0 Å². The first-order valence-corrected chi connectivity index (χ1v) is 14.1. The Labute approximate surface area is 218 Å². The Bertz CT molecular complexity index is 1120. The second-order valence-electron chi connectivity index (χ2n) is 8.43. The van der Waals surface area contributed by atoms with Gasteiger partial charge >= 0.3 is 0 Å². The number of benzene rings is 2. The Morgan fingerprint density at radius 1 is 1.06 bits per heavy atom. The van der Waals surface area contributed by atoms with Gasteiger partial charge in [-0.25, -0.2) is 8.42 Å². The number of halogens is 2. The highest BCUT2D eigenvalue weighted by atomic mass is 35.5. The summed E-state index contributed by atoms with van der Waals surface area (Å²) in [6, 6.07) is 11.0. The van der Waals surface area contributed by atoms with Crippen LogP contribution in [0.25, 0.3) is 0 Å². The first kappa shape index (κ1) is 28.9. The van der Waals surface area contributed by atoms with E-state index in [1.807, 2.05) is 20.8 Å². The molecular weight excluding hydrogens is 509 g/mol. The maximum absolute atomic E-state index is 13.6. The van der Waals surface area contributed by atoms with E-state index < -0.39 is 28.5 Å². The van der Waals surface area contributed by atoms with Gasteiger partial charge in [-0.15, -0.1) is 0 Å². The molecule has 0 aliphatic heterocycles. The van der Waals surface area contributed by atoms with E-state index >= 15 is 0 Å². The lowest BCUT2D eigenvalue weighted by Gasteiger charge is -2.33. The first-order chi connectivity index (χ1) is 16.5. The quantitative estimate of drug-likeness (QED) is 0.391. The average molecular weight is 543 g/mol. The van der Waals surface area contributed by atoms with Crippen molar-refractivity contribution >= 4 is 50.7 Å². The minimum Gasteiger partial charge on any atom is -0.354 e. The summed E-state index contributed by atoms with van der Waals surface area (Å²) >= 11 is 12.4. The summed E-state index contributed by atoms with van der Waals surface area (Å²) in [7, 11) is -3.77. The lowest BCUT2D eigenvalue weighted by atomic mass is 10.1. The SMILES string of the molecule is CCCCNC(=O)[C@H](CC)N(Cc1ccc(Cl)cc1Cl)C(=O)CN(c1ccc(C)cc1)S(C)(=O)=O. The van der Waals surface area contributed by atoms with Gasteiger partial charge in [-0.3, -0.25) is 13.9 Å². The van der Waals surface area contributed by atoms with Crippen LogP contribution >= 0.6 is 23.2 Å². The maximum Gasteiger partial charge on any atom is 0.244 e. The molecule has 10 heteroatoms. The third-order valence-electron chi connectivity index (χ3n) is 5.57. The zero-order chi connectivity index (χ0) is 26.2. The molecule has 0 saturated heterocycles. The summed E-state index contributed by atoms with van der Waals surface area (Å²) < 4.78 is 26.3. The predicted octanol–water partition coefficient (Wildman–Crippen LogP) is 4.79. The van der Waals surface area contributed by atoms with Crippen LogP contribution in [0.3, 0.4) is 0 Å². The highest BCUT2D eigenvalue weighted by Gasteiger charge is 2.32. The van der Waals surface area contributed by atoms with Gasteiger partial charge in [-0.1, -0.05) is 67.2 Å². The van der Waals surface area contributed by atoms with Gasteiger partial charge in [-0.05, 0) is 49.6 Å². The van der Waals surface area contributed by atoms with E-state index in [0.29, 0.717) is 34.3 Å². The second kappa shape index (κ2) is 13.1. The van der Waals surface area contributed by atoms with E-state index in [4.69, 9.17) is 23.2 Å². The van der Waals surface area contributed by atoms with Crippen LogP contribution in [0, 0.1) is 6.92 Å². The van der Waals surface area contributed by atoms with Crippen LogP contribution in [0.1, 0.15) is 44.2 Å². The number of rotatable bonds is 12. The van der Waals surface area contributed by atoms with Crippen LogP contribution in [0.2, 0.25) is 10.0 Å². The number of hydrogen-bond donors (Lipinski definition) is 1. The molecule has 0 unspecified atom stereocenters. The maximum atomic E-state index is 13.6. The van der Waals surface area contributed by atoms with Crippen molar-refractivity contribution in [3.63, 3.8) is 0 Å². The normalized spacial score (nSPS) is 12.2. The molecule has 7 nitrogen and oxygen atoms in total. The van der Waals surface area contributed by atoms with Gasteiger partial charge in [0.05, 0.1) is 11.9 Å². The molecule has 0 fully saturated rings. The molecule has 0 aliphatic rings. The van der Waals surface area contributed by atoms with Crippen molar-refractivity contribution in [2.24, 2.45) is 0 Å². The highest BCUT2D eigenvalue weighted by molar-refractivity contribution is 7.92. The summed E-state index contributed by atoms with van der Waals surface area (Å²) in [5.74, 6) is -0.805. The van der Waals surface area contributed by atoms with E-state index in [1.54, 1.807) is 42.5 Å². The molecule has 0 bridgehead atoms. The van der Waals surface area contributed by atoms with Crippen LogP contribution in [-0.2, 0) is 26.2 Å². The van der Waals surface area contributed by atoms with Crippen molar-refractivity contribution in [3.05, 3.63) is 63.6 Å². The van der Waals surface area contributed by atoms with E-state index in [-0.39, 0.29) is 12.5 Å². The Hall–Kier alpha value is -2.29. The Kier molecular flexibility index (Phi) is 10.9. The van der Waals surface area contributed by atoms with Gasteiger partial charge < -0.3 is 10.2 Å². The zero-order valence-corrected chi connectivity index (χ0v) is 22.9. The van der Waals surface area contributed by atoms with Gasteiger partial charge in [0, 0.05) is 23.1 Å². The molecule has 2 aromatic carbocycles. The number of carbonyl (C=O) groups excluding carboxylic acids is 2. The molecule has 1 atom stereocenters. The molecular formula is C25H33Cl2N3O4S. The fraction of sp³-hybridized carbons (Fsp3) is 0.440. The molecule has 0 aromatic heterocycles. The van der Waals surface area contributed by atoms with E-state index in [0.717, 1.165) is 29.0 Å². The molecule has 0 saturated carbocycles. The third-order valence-corrected chi connectivity index (χ3v) is 7.30. The van der Waals surface area contributed by atoms with Crippen molar-refractivity contribution in [3.8, 4) is 0 Å². The molecule has 0 heterocycles. The van der Waals surface area contributed by atoms with Gasteiger partial charge in [0.25, 0.3) is 0 Å². The van der Waals surface area contributed by atoms with Gasteiger partial charge in [0.2, 0.25) is 21.8 Å². The highest BCUT2D eigenvalue weighted by Crippen LogP contribution is 2.25. The topological polar surface area (TPSA) is 86.8 Å². The standard InChI is InChI=1S/C25H33Cl2N3O4S/c1-5-7-14-28-25(32)23(6-2)29(16-19-10-11-20(26)15-22(19)27)24(31)17-30(35(4,33)34)21-12-8-18(3)9-13-21/h8-13,15,23H,5-7,14,16-17H2,1-4H3,(H,28,32)/t23-/m0/s1. The molecule has 1 N–H and O–H groups in total. The van der Waals surface area contributed by atoms with Gasteiger partial charge in [0.1, 0.15) is 12.6 Å². The number of sulfonamides is 1.